The maximum absolute atomic E-state index is 12.4. The summed E-state index contributed by atoms with van der Waals surface area (Å²) in [6.07, 6.45) is 0. The number of guanidine groups is 1. The van der Waals surface area contributed by atoms with Crippen molar-refractivity contribution in [3.63, 3.8) is 0 Å². The molecule has 0 bridgehead atoms. The van der Waals surface area contributed by atoms with E-state index in [4.69, 9.17) is 0 Å². The Morgan fingerprint density at radius 1 is 0.955 bits per heavy atom. The van der Waals surface area contributed by atoms with Crippen LogP contribution in [0.1, 0.15) is 24.2 Å². The fraction of sp³-hybridized carbons (Fsp3) is 0.222. The quantitative estimate of drug-likeness (QED) is 0.693. The second-order valence-electron chi connectivity index (χ2n) is 4.76. The van der Waals surface area contributed by atoms with E-state index in [9.17, 15) is 4.79 Å². The third-order valence-electron chi connectivity index (χ3n) is 3.32. The van der Waals surface area contributed by atoms with E-state index < -0.39 is 0 Å². The summed E-state index contributed by atoms with van der Waals surface area (Å²) in [5, 5.41) is 2.92. The average Bonchev–Trinajstić information content (AvgIpc) is 2.57. The van der Waals surface area contributed by atoms with E-state index in [1.54, 1.807) is 12.1 Å². The Labute approximate surface area is 131 Å². The fourth-order valence-corrected chi connectivity index (χ4v) is 2.09. The van der Waals surface area contributed by atoms with Crippen molar-refractivity contribution in [3.8, 4) is 0 Å². The number of nitrogens with zero attached hydrogens (tertiary/aromatic N) is 2. The highest BCUT2D eigenvalue weighted by Crippen LogP contribution is 2.11. The van der Waals surface area contributed by atoms with Gasteiger partial charge in [-0.05, 0) is 38.1 Å². The molecule has 1 amide bonds. The van der Waals surface area contributed by atoms with Gasteiger partial charge in [0.15, 0.2) is 0 Å². The Balaban J connectivity index is 2.25. The van der Waals surface area contributed by atoms with E-state index >= 15 is 0 Å². The molecule has 0 aliphatic carbocycles. The smallest absolute Gasteiger partial charge is 0.257 e. The zero-order chi connectivity index (χ0) is 15.8. The van der Waals surface area contributed by atoms with Crippen LogP contribution in [0.2, 0.25) is 0 Å². The first-order chi connectivity index (χ1) is 10.7. The number of para-hydroxylation sites is 1. The molecule has 0 saturated heterocycles. The first kappa shape index (κ1) is 15.8. The first-order valence-electron chi connectivity index (χ1n) is 7.49. The van der Waals surface area contributed by atoms with Crippen molar-refractivity contribution in [2.24, 2.45) is 4.99 Å². The van der Waals surface area contributed by atoms with E-state index in [1.807, 2.05) is 67.3 Å². The summed E-state index contributed by atoms with van der Waals surface area (Å²) in [5.41, 5.74) is 1.44. The van der Waals surface area contributed by atoms with Crippen molar-refractivity contribution in [1.29, 1.82) is 0 Å². The van der Waals surface area contributed by atoms with Crippen molar-refractivity contribution in [2.45, 2.75) is 13.8 Å². The van der Waals surface area contributed by atoms with Crippen LogP contribution >= 0.6 is 0 Å². The number of carbonyl (C=O) groups is 1. The van der Waals surface area contributed by atoms with Gasteiger partial charge in [0.05, 0.1) is 5.69 Å². The summed E-state index contributed by atoms with van der Waals surface area (Å²) < 4.78 is 0. The van der Waals surface area contributed by atoms with Gasteiger partial charge >= 0.3 is 0 Å². The fourth-order valence-electron chi connectivity index (χ4n) is 2.09. The number of aliphatic imine (C=N–C) groups is 1. The van der Waals surface area contributed by atoms with Crippen LogP contribution in [0.15, 0.2) is 65.7 Å². The lowest BCUT2D eigenvalue weighted by Gasteiger charge is -2.23. The van der Waals surface area contributed by atoms with Gasteiger partial charge in [-0.1, -0.05) is 36.4 Å². The highest BCUT2D eigenvalue weighted by atomic mass is 16.1. The second-order valence-corrected chi connectivity index (χ2v) is 4.76. The predicted octanol–water partition coefficient (Wildman–Crippen LogP) is 3.45. The van der Waals surface area contributed by atoms with Crippen molar-refractivity contribution in [3.05, 3.63) is 66.2 Å². The van der Waals surface area contributed by atoms with Crippen LogP contribution in [-0.2, 0) is 0 Å². The van der Waals surface area contributed by atoms with Gasteiger partial charge in [-0.2, -0.15) is 0 Å². The van der Waals surface area contributed by atoms with Gasteiger partial charge in [-0.15, -0.1) is 0 Å². The van der Waals surface area contributed by atoms with E-state index in [0.717, 1.165) is 18.8 Å². The molecule has 4 nitrogen and oxygen atoms in total. The standard InChI is InChI=1S/C18H21N3O/c1-3-21(4-2)18(19-16-13-9-6-10-14-16)20-17(22)15-11-7-5-8-12-15/h5-14H,3-4H2,1-2H3,(H,19,20,22). The third-order valence-corrected chi connectivity index (χ3v) is 3.32. The average molecular weight is 295 g/mol. The normalized spacial score (nSPS) is 11.1. The number of hydrogen-bond donors (Lipinski definition) is 1. The van der Waals surface area contributed by atoms with Gasteiger partial charge in [0.2, 0.25) is 5.96 Å². The molecular weight excluding hydrogens is 274 g/mol. The van der Waals surface area contributed by atoms with Gasteiger partial charge in [0.1, 0.15) is 0 Å². The highest BCUT2D eigenvalue weighted by molar-refractivity contribution is 6.06. The zero-order valence-electron chi connectivity index (χ0n) is 13.0. The topological polar surface area (TPSA) is 44.7 Å². The highest BCUT2D eigenvalue weighted by Gasteiger charge is 2.13. The maximum atomic E-state index is 12.4. The Kier molecular flexibility index (Phi) is 5.72. The molecule has 114 valence electrons. The molecule has 0 heterocycles. The molecule has 0 saturated carbocycles. The summed E-state index contributed by atoms with van der Waals surface area (Å²) in [6.45, 7) is 5.63. The molecule has 1 N–H and O–H groups in total. The Hall–Kier alpha value is -2.62. The summed E-state index contributed by atoms with van der Waals surface area (Å²) in [6, 6.07) is 18.8. The number of carbonyl (C=O) groups excluding carboxylic acids is 1. The SMILES string of the molecule is CCN(CC)C(=Nc1ccccc1)NC(=O)c1ccccc1. The Morgan fingerprint density at radius 3 is 2.05 bits per heavy atom. The number of rotatable bonds is 4. The van der Waals surface area contributed by atoms with Crippen LogP contribution in [0.4, 0.5) is 5.69 Å². The first-order valence-corrected chi connectivity index (χ1v) is 7.49. The van der Waals surface area contributed by atoms with Crippen molar-refractivity contribution >= 4 is 17.6 Å². The lowest BCUT2D eigenvalue weighted by molar-refractivity contribution is 0.0972. The summed E-state index contributed by atoms with van der Waals surface area (Å²) in [5.74, 6) is 0.423. The minimum absolute atomic E-state index is 0.151. The number of amides is 1. The van der Waals surface area contributed by atoms with Crippen LogP contribution in [-0.4, -0.2) is 29.9 Å². The molecule has 0 spiro atoms. The lowest BCUT2D eigenvalue weighted by atomic mass is 10.2. The predicted molar refractivity (Wildman–Crippen MR) is 90.4 cm³/mol. The molecule has 0 fully saturated rings. The van der Waals surface area contributed by atoms with Crippen LogP contribution in [0.5, 0.6) is 0 Å². The van der Waals surface area contributed by atoms with E-state index in [0.29, 0.717) is 11.5 Å². The number of benzene rings is 2. The van der Waals surface area contributed by atoms with E-state index in [-0.39, 0.29) is 5.91 Å². The maximum Gasteiger partial charge on any atom is 0.257 e. The largest absolute Gasteiger partial charge is 0.343 e. The molecule has 2 aromatic rings. The molecule has 2 rings (SSSR count). The van der Waals surface area contributed by atoms with Crippen LogP contribution in [0.25, 0.3) is 0 Å². The monoisotopic (exact) mass is 295 g/mol. The Morgan fingerprint density at radius 2 is 1.50 bits per heavy atom. The molecule has 0 aliphatic rings. The lowest BCUT2D eigenvalue weighted by Crippen LogP contribution is -2.43. The van der Waals surface area contributed by atoms with Gasteiger partial charge < -0.3 is 4.90 Å². The Bertz CT molecular complexity index is 619. The van der Waals surface area contributed by atoms with E-state index in [2.05, 4.69) is 10.3 Å². The minimum atomic E-state index is -0.151. The van der Waals surface area contributed by atoms with Crippen LogP contribution < -0.4 is 5.32 Å². The number of hydrogen-bond acceptors (Lipinski definition) is 2. The van der Waals surface area contributed by atoms with E-state index in [1.165, 1.54) is 0 Å². The van der Waals surface area contributed by atoms with Gasteiger partial charge in [0, 0.05) is 18.7 Å². The molecule has 4 heteroatoms. The van der Waals surface area contributed by atoms with Crippen LogP contribution in [0.3, 0.4) is 0 Å². The molecule has 0 unspecified atom stereocenters. The molecule has 2 aromatic carbocycles. The molecule has 22 heavy (non-hydrogen) atoms. The zero-order valence-corrected chi connectivity index (χ0v) is 13.0. The van der Waals surface area contributed by atoms with Crippen molar-refractivity contribution in [2.75, 3.05) is 13.1 Å². The van der Waals surface area contributed by atoms with Crippen molar-refractivity contribution < 1.29 is 4.79 Å². The summed E-state index contributed by atoms with van der Waals surface area (Å²) >= 11 is 0. The van der Waals surface area contributed by atoms with Crippen LogP contribution in [0, 0.1) is 0 Å². The number of nitrogens with one attached hydrogen (secondary N) is 1. The third kappa shape index (κ3) is 4.19. The molecular formula is C18H21N3O. The minimum Gasteiger partial charge on any atom is -0.343 e. The van der Waals surface area contributed by atoms with Gasteiger partial charge in [-0.25, -0.2) is 4.99 Å². The van der Waals surface area contributed by atoms with Gasteiger partial charge in [0.25, 0.3) is 5.91 Å². The second kappa shape index (κ2) is 7.98. The summed E-state index contributed by atoms with van der Waals surface area (Å²) in [7, 11) is 0. The van der Waals surface area contributed by atoms with Gasteiger partial charge in [-0.3, -0.25) is 10.1 Å². The molecule has 0 aromatic heterocycles. The molecule has 0 radical (unpaired) electrons. The molecule has 0 aliphatic heterocycles. The van der Waals surface area contributed by atoms with Crippen molar-refractivity contribution in [1.82, 2.24) is 10.2 Å². The summed E-state index contributed by atoms with van der Waals surface area (Å²) in [4.78, 5) is 19.0. The molecule has 0 atom stereocenters.